The minimum absolute atomic E-state index is 0.469. The van der Waals surface area contributed by atoms with Gasteiger partial charge in [-0.25, -0.2) is 13.2 Å². The molecule has 0 aromatic rings. The van der Waals surface area contributed by atoms with E-state index in [1.165, 1.54) is 27.7 Å². The third-order valence-electron chi connectivity index (χ3n) is 2.18. The Balaban J connectivity index is 5.01. The average Bonchev–Trinajstić information content (AvgIpc) is 2.12. The predicted molar refractivity (Wildman–Crippen MR) is 63.2 cm³/mol. The Hall–Kier alpha value is -1.11. The summed E-state index contributed by atoms with van der Waals surface area (Å²) in [6.45, 7) is 5.80. The summed E-state index contributed by atoms with van der Waals surface area (Å²) < 4.78 is 27.3. The molecule has 0 fully saturated rings. The molecule has 0 aromatic carbocycles. The molecule has 0 aliphatic heterocycles. The van der Waals surface area contributed by atoms with Crippen LogP contribution in [0.5, 0.6) is 0 Å². The van der Waals surface area contributed by atoms with Gasteiger partial charge in [0.15, 0.2) is 9.84 Å². The molecule has 1 atom stereocenters. The molecule has 0 rings (SSSR count). The number of esters is 1. The lowest BCUT2D eigenvalue weighted by molar-refractivity contribution is -0.144. The van der Waals surface area contributed by atoms with Gasteiger partial charge in [0.2, 0.25) is 5.91 Å². The second kappa shape index (κ2) is 5.48. The first-order chi connectivity index (χ1) is 7.51. The number of sulfone groups is 1. The summed E-state index contributed by atoms with van der Waals surface area (Å²) in [5.74, 6) is -1.72. The molecule has 0 aliphatic carbocycles. The van der Waals surface area contributed by atoms with Crippen LogP contribution >= 0.6 is 0 Å². The maximum atomic E-state index is 11.9. The molecule has 6 nitrogen and oxygen atoms in total. The Kier molecular flexibility index (Phi) is 5.12. The van der Waals surface area contributed by atoms with Gasteiger partial charge in [0.25, 0.3) is 0 Å². The van der Waals surface area contributed by atoms with Gasteiger partial charge in [0.05, 0.1) is 17.6 Å². The van der Waals surface area contributed by atoms with Gasteiger partial charge in [-0.05, 0) is 20.8 Å². The lowest BCUT2D eigenvalue weighted by atomic mass is 10.3. The van der Waals surface area contributed by atoms with Crippen LogP contribution in [0.15, 0.2) is 0 Å². The molecular weight excluding hydrogens is 246 g/mol. The Morgan fingerprint density at radius 3 is 2.06 bits per heavy atom. The summed E-state index contributed by atoms with van der Waals surface area (Å²) in [7, 11) is -2.37. The maximum Gasteiger partial charge on any atom is 0.329 e. The van der Waals surface area contributed by atoms with Gasteiger partial charge < -0.3 is 10.1 Å². The maximum absolute atomic E-state index is 11.9. The number of methoxy groups -OCH3 is 1. The fourth-order valence-electron chi connectivity index (χ4n) is 1.03. The SMILES string of the molecule is COC(=O)C(CS(=O)(=O)C(C)(C)C)NC(C)=O. The van der Waals surface area contributed by atoms with E-state index in [4.69, 9.17) is 0 Å². The molecule has 0 heterocycles. The molecule has 7 heteroatoms. The van der Waals surface area contributed by atoms with Crippen molar-refractivity contribution in [1.82, 2.24) is 5.32 Å². The standard InChI is InChI=1S/C10H19NO5S/c1-7(12)11-8(9(13)16-5)6-17(14,15)10(2,3)4/h8H,6H2,1-5H3,(H,11,12). The van der Waals surface area contributed by atoms with E-state index in [9.17, 15) is 18.0 Å². The van der Waals surface area contributed by atoms with E-state index in [1.807, 2.05) is 0 Å². The molecule has 100 valence electrons. The van der Waals surface area contributed by atoms with Crippen molar-refractivity contribution in [2.24, 2.45) is 0 Å². The molecular formula is C10H19NO5S. The Bertz CT molecular complexity index is 393. The summed E-state index contributed by atoms with van der Waals surface area (Å²) in [5, 5.41) is 2.27. The second-order valence-electron chi connectivity index (χ2n) is 4.67. The monoisotopic (exact) mass is 265 g/mol. The van der Waals surface area contributed by atoms with Crippen LogP contribution in [0.4, 0.5) is 0 Å². The minimum Gasteiger partial charge on any atom is -0.467 e. The number of rotatable bonds is 4. The first-order valence-electron chi connectivity index (χ1n) is 5.08. The van der Waals surface area contributed by atoms with E-state index in [1.54, 1.807) is 0 Å². The van der Waals surface area contributed by atoms with E-state index in [0.717, 1.165) is 7.11 Å². The molecule has 0 aliphatic rings. The third-order valence-corrected chi connectivity index (χ3v) is 4.82. The molecule has 0 aromatic heterocycles. The third kappa shape index (κ3) is 4.72. The zero-order valence-corrected chi connectivity index (χ0v) is 11.6. The van der Waals surface area contributed by atoms with E-state index in [2.05, 4.69) is 10.1 Å². The predicted octanol–water partition coefficient (Wildman–Crippen LogP) is -0.123. The van der Waals surface area contributed by atoms with Gasteiger partial charge in [-0.3, -0.25) is 4.79 Å². The Labute approximate surface area is 102 Å². The number of hydrogen-bond acceptors (Lipinski definition) is 5. The minimum atomic E-state index is -3.51. The smallest absolute Gasteiger partial charge is 0.329 e. The van der Waals surface area contributed by atoms with Crippen LogP contribution in [0, 0.1) is 0 Å². The number of carbonyl (C=O) groups excluding carboxylic acids is 2. The molecule has 0 bridgehead atoms. The zero-order chi connectivity index (χ0) is 13.9. The van der Waals surface area contributed by atoms with Crippen molar-refractivity contribution in [2.45, 2.75) is 38.5 Å². The van der Waals surface area contributed by atoms with E-state index >= 15 is 0 Å². The van der Waals surface area contributed by atoms with Gasteiger partial charge in [-0.15, -0.1) is 0 Å². The first kappa shape index (κ1) is 15.9. The quantitative estimate of drug-likeness (QED) is 0.716. The highest BCUT2D eigenvalue weighted by Crippen LogP contribution is 2.17. The molecule has 1 amide bonds. The lowest BCUT2D eigenvalue weighted by Crippen LogP contribution is -2.48. The van der Waals surface area contributed by atoms with E-state index < -0.39 is 38.3 Å². The molecule has 17 heavy (non-hydrogen) atoms. The molecule has 0 spiro atoms. The number of carbonyl (C=O) groups is 2. The molecule has 1 N–H and O–H groups in total. The van der Waals surface area contributed by atoms with Gasteiger partial charge in [-0.2, -0.15) is 0 Å². The summed E-state index contributed by atoms with van der Waals surface area (Å²) in [5.41, 5.74) is 0. The summed E-state index contributed by atoms with van der Waals surface area (Å²) in [6.07, 6.45) is 0. The van der Waals surface area contributed by atoms with Gasteiger partial charge in [0.1, 0.15) is 6.04 Å². The summed E-state index contributed by atoms with van der Waals surface area (Å²) >= 11 is 0. The van der Waals surface area contributed by atoms with Gasteiger partial charge in [0, 0.05) is 6.92 Å². The van der Waals surface area contributed by atoms with Crippen molar-refractivity contribution < 1.29 is 22.7 Å². The van der Waals surface area contributed by atoms with Crippen molar-refractivity contribution in [1.29, 1.82) is 0 Å². The number of hydrogen-bond donors (Lipinski definition) is 1. The summed E-state index contributed by atoms with van der Waals surface area (Å²) in [6, 6.07) is -1.17. The summed E-state index contributed by atoms with van der Waals surface area (Å²) in [4.78, 5) is 22.2. The highest BCUT2D eigenvalue weighted by molar-refractivity contribution is 7.92. The highest BCUT2D eigenvalue weighted by atomic mass is 32.2. The van der Waals surface area contributed by atoms with Crippen LogP contribution in [-0.4, -0.2) is 43.9 Å². The fraction of sp³-hybridized carbons (Fsp3) is 0.800. The zero-order valence-electron chi connectivity index (χ0n) is 10.7. The van der Waals surface area contributed by atoms with E-state index in [0.29, 0.717) is 0 Å². The van der Waals surface area contributed by atoms with Crippen LogP contribution in [-0.2, 0) is 24.2 Å². The normalized spacial score (nSPS) is 13.9. The Morgan fingerprint density at radius 2 is 1.76 bits per heavy atom. The molecule has 0 radical (unpaired) electrons. The molecule has 0 saturated carbocycles. The van der Waals surface area contributed by atoms with Gasteiger partial charge in [-0.1, -0.05) is 0 Å². The fourth-order valence-corrected chi connectivity index (χ4v) is 2.18. The number of ether oxygens (including phenoxy) is 1. The van der Waals surface area contributed by atoms with Crippen molar-refractivity contribution in [3.05, 3.63) is 0 Å². The Morgan fingerprint density at radius 1 is 1.29 bits per heavy atom. The topological polar surface area (TPSA) is 89.5 Å². The van der Waals surface area contributed by atoms with Crippen molar-refractivity contribution in [3.8, 4) is 0 Å². The van der Waals surface area contributed by atoms with Crippen molar-refractivity contribution >= 4 is 21.7 Å². The van der Waals surface area contributed by atoms with Crippen LogP contribution in [0.1, 0.15) is 27.7 Å². The number of amides is 1. The van der Waals surface area contributed by atoms with Crippen LogP contribution < -0.4 is 5.32 Å². The van der Waals surface area contributed by atoms with Crippen molar-refractivity contribution in [2.75, 3.05) is 12.9 Å². The number of nitrogens with one attached hydrogen (secondary N) is 1. The second-order valence-corrected chi connectivity index (χ2v) is 7.46. The molecule has 1 unspecified atom stereocenters. The largest absolute Gasteiger partial charge is 0.467 e. The average molecular weight is 265 g/mol. The lowest BCUT2D eigenvalue weighted by Gasteiger charge is -2.23. The van der Waals surface area contributed by atoms with Crippen LogP contribution in [0.2, 0.25) is 0 Å². The van der Waals surface area contributed by atoms with Crippen LogP contribution in [0.3, 0.4) is 0 Å². The molecule has 0 saturated heterocycles. The van der Waals surface area contributed by atoms with Gasteiger partial charge >= 0.3 is 5.97 Å². The highest BCUT2D eigenvalue weighted by Gasteiger charge is 2.35. The van der Waals surface area contributed by atoms with E-state index in [-0.39, 0.29) is 0 Å². The van der Waals surface area contributed by atoms with Crippen LogP contribution in [0.25, 0.3) is 0 Å². The van der Waals surface area contributed by atoms with Crippen molar-refractivity contribution in [3.63, 3.8) is 0 Å². The first-order valence-corrected chi connectivity index (χ1v) is 6.73.